The zero-order valence-electron chi connectivity index (χ0n) is 13.6. The smallest absolute Gasteiger partial charge is 0.345 e. The van der Waals surface area contributed by atoms with E-state index in [1.807, 2.05) is 6.07 Å². The standard InChI is InChI=1S/C18H20N4O3/c19-16(9-10-23)17(13-5-2-1-3-6-13)18(24)25-15-8-4-7-14(11-15)21-12-22-20/h1-8,11-12,23H,9-10,19-20H2,(H,21,22). The molecule has 0 bridgehead atoms. The van der Waals surface area contributed by atoms with E-state index in [1.54, 1.807) is 48.5 Å². The maximum absolute atomic E-state index is 12.6. The summed E-state index contributed by atoms with van der Waals surface area (Å²) in [5, 5.41) is 9.12. The average molecular weight is 340 g/mol. The minimum atomic E-state index is -0.602. The van der Waals surface area contributed by atoms with Gasteiger partial charge in [-0.3, -0.25) is 0 Å². The predicted molar refractivity (Wildman–Crippen MR) is 96.8 cm³/mol. The highest BCUT2D eigenvalue weighted by Crippen LogP contribution is 2.24. The van der Waals surface area contributed by atoms with Crippen molar-refractivity contribution in [2.45, 2.75) is 6.42 Å². The van der Waals surface area contributed by atoms with E-state index >= 15 is 0 Å². The normalized spacial score (nSPS) is 11.9. The second-order valence-corrected chi connectivity index (χ2v) is 5.05. The van der Waals surface area contributed by atoms with Crippen LogP contribution in [0, 0.1) is 0 Å². The van der Waals surface area contributed by atoms with Crippen LogP contribution in [0.3, 0.4) is 0 Å². The Hall–Kier alpha value is -3.16. The second kappa shape index (κ2) is 9.21. The first-order chi connectivity index (χ1) is 12.2. The first-order valence-electron chi connectivity index (χ1n) is 7.61. The van der Waals surface area contributed by atoms with Gasteiger partial charge in [0.1, 0.15) is 12.1 Å². The number of hydrogen-bond acceptors (Lipinski definition) is 6. The van der Waals surface area contributed by atoms with Crippen LogP contribution in [0.25, 0.3) is 5.57 Å². The third-order valence-electron chi connectivity index (χ3n) is 3.29. The molecule has 2 aromatic carbocycles. The molecule has 0 unspecified atom stereocenters. The van der Waals surface area contributed by atoms with E-state index in [0.29, 0.717) is 17.0 Å². The highest BCUT2D eigenvalue weighted by Gasteiger charge is 2.18. The van der Waals surface area contributed by atoms with E-state index in [0.717, 1.165) is 0 Å². The number of carbonyl (C=O) groups is 1. The fraction of sp³-hybridized carbons (Fsp3) is 0.111. The van der Waals surface area contributed by atoms with Gasteiger partial charge in [-0.15, -0.1) is 0 Å². The number of aliphatic imine (C=N–C) groups is 1. The lowest BCUT2D eigenvalue weighted by Crippen LogP contribution is -2.18. The monoisotopic (exact) mass is 340 g/mol. The lowest BCUT2D eigenvalue weighted by Gasteiger charge is -2.12. The lowest BCUT2D eigenvalue weighted by atomic mass is 10.0. The SMILES string of the molecule is NNC=Nc1cccc(OC(=O)C(=C(N)CCO)c2ccccc2)c1. The molecule has 6 N–H and O–H groups in total. The van der Waals surface area contributed by atoms with Gasteiger partial charge in [0.25, 0.3) is 0 Å². The number of rotatable bonds is 7. The number of ether oxygens (including phenoxy) is 1. The Morgan fingerprint density at radius 3 is 2.64 bits per heavy atom. The van der Waals surface area contributed by atoms with Crippen LogP contribution in [-0.2, 0) is 4.79 Å². The molecule has 0 heterocycles. The van der Waals surface area contributed by atoms with Gasteiger partial charge in [-0.05, 0) is 17.7 Å². The van der Waals surface area contributed by atoms with Crippen molar-refractivity contribution in [2.24, 2.45) is 16.6 Å². The summed E-state index contributed by atoms with van der Waals surface area (Å²) in [6.07, 6.45) is 1.49. The summed E-state index contributed by atoms with van der Waals surface area (Å²) >= 11 is 0. The van der Waals surface area contributed by atoms with Crippen LogP contribution in [0.4, 0.5) is 5.69 Å². The van der Waals surface area contributed by atoms with Crippen molar-refractivity contribution in [2.75, 3.05) is 6.61 Å². The maximum atomic E-state index is 12.6. The van der Waals surface area contributed by atoms with Crippen molar-refractivity contribution in [3.8, 4) is 5.75 Å². The topological polar surface area (TPSA) is 123 Å². The van der Waals surface area contributed by atoms with Gasteiger partial charge >= 0.3 is 5.97 Å². The third kappa shape index (κ3) is 5.17. The minimum absolute atomic E-state index is 0.161. The summed E-state index contributed by atoms with van der Waals surface area (Å²) in [5.74, 6) is 4.86. The summed E-state index contributed by atoms with van der Waals surface area (Å²) in [6.45, 7) is -0.161. The maximum Gasteiger partial charge on any atom is 0.345 e. The van der Waals surface area contributed by atoms with E-state index in [4.69, 9.17) is 21.4 Å². The van der Waals surface area contributed by atoms with Crippen LogP contribution in [0.1, 0.15) is 12.0 Å². The van der Waals surface area contributed by atoms with Gasteiger partial charge in [0.05, 0.1) is 11.3 Å². The van der Waals surface area contributed by atoms with Gasteiger partial charge in [0, 0.05) is 24.8 Å². The van der Waals surface area contributed by atoms with Crippen LogP contribution in [0.15, 0.2) is 65.3 Å². The Kier molecular flexibility index (Phi) is 6.70. The molecule has 0 aliphatic heterocycles. The lowest BCUT2D eigenvalue weighted by molar-refractivity contribution is -0.127. The number of hydrogen-bond donors (Lipinski definition) is 4. The minimum Gasteiger partial charge on any atom is -0.423 e. The zero-order chi connectivity index (χ0) is 18.1. The average Bonchev–Trinajstić information content (AvgIpc) is 2.61. The van der Waals surface area contributed by atoms with Gasteiger partial charge in [0.2, 0.25) is 0 Å². The first-order valence-corrected chi connectivity index (χ1v) is 7.61. The summed E-state index contributed by atoms with van der Waals surface area (Å²) in [5.41, 5.74) is 9.97. The summed E-state index contributed by atoms with van der Waals surface area (Å²) in [6, 6.07) is 15.6. The number of nitrogens with one attached hydrogen (secondary N) is 1. The number of nitrogens with two attached hydrogens (primary N) is 2. The molecule has 7 nitrogen and oxygen atoms in total. The van der Waals surface area contributed by atoms with E-state index in [-0.39, 0.29) is 24.3 Å². The van der Waals surface area contributed by atoms with Crippen molar-refractivity contribution >= 4 is 23.6 Å². The van der Waals surface area contributed by atoms with Crippen molar-refractivity contribution < 1.29 is 14.6 Å². The van der Waals surface area contributed by atoms with E-state index in [1.165, 1.54) is 6.34 Å². The Morgan fingerprint density at radius 2 is 1.96 bits per heavy atom. The number of benzene rings is 2. The van der Waals surface area contributed by atoms with Crippen LogP contribution >= 0.6 is 0 Å². The summed E-state index contributed by atoms with van der Waals surface area (Å²) in [7, 11) is 0. The van der Waals surface area contributed by atoms with Crippen LogP contribution in [-0.4, -0.2) is 24.0 Å². The highest BCUT2D eigenvalue weighted by atomic mass is 16.5. The molecule has 0 amide bonds. The number of nitrogens with zero attached hydrogens (tertiary/aromatic N) is 1. The Bertz CT molecular complexity index is 773. The fourth-order valence-electron chi connectivity index (χ4n) is 2.18. The molecule has 0 fully saturated rings. The molecule has 0 spiro atoms. The fourth-order valence-corrected chi connectivity index (χ4v) is 2.18. The molecule has 25 heavy (non-hydrogen) atoms. The largest absolute Gasteiger partial charge is 0.423 e. The molecule has 0 saturated carbocycles. The molecule has 0 aliphatic rings. The molecule has 2 rings (SSSR count). The molecule has 0 atom stereocenters. The molecular weight excluding hydrogens is 320 g/mol. The molecule has 130 valence electrons. The van der Waals surface area contributed by atoms with Crippen LogP contribution < -0.4 is 21.7 Å². The van der Waals surface area contributed by atoms with Crippen molar-refractivity contribution in [3.05, 3.63) is 65.9 Å². The van der Waals surface area contributed by atoms with E-state index in [2.05, 4.69) is 10.4 Å². The molecule has 0 radical (unpaired) electrons. The van der Waals surface area contributed by atoms with Crippen LogP contribution in [0.2, 0.25) is 0 Å². The molecular formula is C18H20N4O3. The van der Waals surface area contributed by atoms with Crippen molar-refractivity contribution in [1.82, 2.24) is 5.43 Å². The molecule has 0 aromatic heterocycles. The summed E-state index contributed by atoms with van der Waals surface area (Å²) < 4.78 is 5.44. The first kappa shape index (κ1) is 18.2. The molecule has 0 aliphatic carbocycles. The summed E-state index contributed by atoms with van der Waals surface area (Å²) in [4.78, 5) is 16.7. The number of hydrazine groups is 1. The van der Waals surface area contributed by atoms with E-state index < -0.39 is 5.97 Å². The van der Waals surface area contributed by atoms with Crippen molar-refractivity contribution in [3.63, 3.8) is 0 Å². The Morgan fingerprint density at radius 1 is 1.20 bits per heavy atom. The Labute approximate surface area is 145 Å². The van der Waals surface area contributed by atoms with Gasteiger partial charge in [-0.2, -0.15) is 0 Å². The van der Waals surface area contributed by atoms with Crippen LogP contribution in [0.5, 0.6) is 5.75 Å². The Balaban J connectivity index is 2.29. The predicted octanol–water partition coefficient (Wildman–Crippen LogP) is 1.47. The number of aliphatic hydroxyl groups excluding tert-OH is 1. The third-order valence-corrected chi connectivity index (χ3v) is 3.29. The number of carbonyl (C=O) groups excluding carboxylic acids is 1. The van der Waals surface area contributed by atoms with Gasteiger partial charge in [0.15, 0.2) is 0 Å². The zero-order valence-corrected chi connectivity index (χ0v) is 13.6. The second-order valence-electron chi connectivity index (χ2n) is 5.05. The quantitative estimate of drug-likeness (QED) is 0.115. The van der Waals surface area contributed by atoms with Gasteiger partial charge in [-0.1, -0.05) is 36.4 Å². The van der Waals surface area contributed by atoms with Gasteiger partial charge in [-0.25, -0.2) is 15.6 Å². The molecule has 2 aromatic rings. The van der Waals surface area contributed by atoms with Crippen molar-refractivity contribution in [1.29, 1.82) is 0 Å². The van der Waals surface area contributed by atoms with Gasteiger partial charge < -0.3 is 21.0 Å². The van der Waals surface area contributed by atoms with E-state index in [9.17, 15) is 4.79 Å². The number of esters is 1. The number of aliphatic hydroxyl groups is 1. The molecule has 0 saturated heterocycles. The molecule has 7 heteroatoms. The highest BCUT2D eigenvalue weighted by molar-refractivity contribution is 6.18.